The number of anilines is 2. The largest absolute Gasteiger partial charge is 0.378 e. The topological polar surface area (TPSA) is 67.7 Å². The Morgan fingerprint density at radius 2 is 1.89 bits per heavy atom. The highest BCUT2D eigenvalue weighted by Crippen LogP contribution is 2.42. The Labute approximate surface area is 205 Å². The van der Waals surface area contributed by atoms with E-state index >= 15 is 0 Å². The van der Waals surface area contributed by atoms with Gasteiger partial charge in [0.05, 0.1) is 30.3 Å². The number of morpholine rings is 1. The van der Waals surface area contributed by atoms with Crippen LogP contribution >= 0.6 is 0 Å². The highest BCUT2D eigenvalue weighted by atomic mass is 16.5. The lowest BCUT2D eigenvalue weighted by Gasteiger charge is -2.44. The van der Waals surface area contributed by atoms with Crippen molar-refractivity contribution in [1.29, 1.82) is 5.26 Å². The first kappa shape index (κ1) is 21.1. The van der Waals surface area contributed by atoms with Crippen molar-refractivity contribution in [3.05, 3.63) is 65.4 Å². The van der Waals surface area contributed by atoms with Gasteiger partial charge in [-0.05, 0) is 54.4 Å². The molecule has 0 amide bonds. The van der Waals surface area contributed by atoms with E-state index in [2.05, 4.69) is 68.3 Å². The third-order valence-corrected chi connectivity index (χ3v) is 8.25. The number of nitriles is 1. The van der Waals surface area contributed by atoms with Crippen LogP contribution in [0.5, 0.6) is 0 Å². The summed E-state index contributed by atoms with van der Waals surface area (Å²) in [5.41, 5.74) is 6.88. The normalized spacial score (nSPS) is 28.0. The Hall–Kier alpha value is -3.18. The van der Waals surface area contributed by atoms with Crippen molar-refractivity contribution >= 4 is 22.3 Å². The molecule has 35 heavy (non-hydrogen) atoms. The summed E-state index contributed by atoms with van der Waals surface area (Å²) in [6, 6.07) is 19.2. The lowest BCUT2D eigenvalue weighted by Crippen LogP contribution is -2.62. The molecule has 3 saturated heterocycles. The van der Waals surface area contributed by atoms with Gasteiger partial charge in [-0.15, -0.1) is 0 Å². The van der Waals surface area contributed by atoms with E-state index in [1.54, 1.807) is 6.20 Å². The Balaban J connectivity index is 1.19. The van der Waals surface area contributed by atoms with Crippen molar-refractivity contribution in [3.63, 3.8) is 0 Å². The van der Waals surface area contributed by atoms with Crippen molar-refractivity contribution < 1.29 is 4.74 Å². The molecule has 1 N–H and O–H groups in total. The summed E-state index contributed by atoms with van der Waals surface area (Å²) in [7, 11) is 0. The van der Waals surface area contributed by atoms with Crippen molar-refractivity contribution in [3.8, 4) is 6.07 Å². The fourth-order valence-electron chi connectivity index (χ4n) is 6.64. The number of nitrogens with one attached hydrogen (secondary N) is 1. The summed E-state index contributed by atoms with van der Waals surface area (Å²) in [4.78, 5) is 12.2. The van der Waals surface area contributed by atoms with Gasteiger partial charge in [0.15, 0.2) is 0 Å². The van der Waals surface area contributed by atoms with Gasteiger partial charge >= 0.3 is 0 Å². The van der Waals surface area contributed by atoms with E-state index < -0.39 is 0 Å². The van der Waals surface area contributed by atoms with Crippen LogP contribution < -0.4 is 15.1 Å². The molecule has 0 aliphatic carbocycles. The molecule has 2 aromatic carbocycles. The monoisotopic (exact) mass is 466 g/mol. The van der Waals surface area contributed by atoms with E-state index in [1.165, 1.54) is 22.5 Å². The number of piperazine rings is 2. The van der Waals surface area contributed by atoms with Crippen molar-refractivity contribution in [2.45, 2.75) is 37.6 Å². The molecule has 3 fully saturated rings. The zero-order valence-electron chi connectivity index (χ0n) is 20.0. The molecule has 0 saturated carbocycles. The second-order valence-electron chi connectivity index (χ2n) is 10.5. The number of hydrogen-bond donors (Lipinski definition) is 1. The standard InChI is InChI=1S/C28H30N6O/c1-18-11-33(26-7-4-19(10-29)28-25(26)3-2-8-30-28)15-27-24-6-5-23(9-20(24)12-34(18)27)32-13-21-16-35-17-22(14-32)31-21/h2-9,18,21-22,27,31H,11-17H2,1H3/t18-,21?,22?,27-/m1/s1. The molecule has 7 rings (SSSR count). The average Bonchev–Trinajstić information content (AvgIpc) is 3.26. The average molecular weight is 467 g/mol. The number of rotatable bonds is 2. The predicted octanol–water partition coefficient (Wildman–Crippen LogP) is 3.05. The zero-order chi connectivity index (χ0) is 23.5. The molecule has 2 unspecified atom stereocenters. The van der Waals surface area contributed by atoms with E-state index in [9.17, 15) is 5.26 Å². The van der Waals surface area contributed by atoms with Crippen LogP contribution in [0.15, 0.2) is 48.7 Å². The van der Waals surface area contributed by atoms with E-state index in [1.807, 2.05) is 12.1 Å². The molecule has 0 radical (unpaired) electrons. The van der Waals surface area contributed by atoms with E-state index in [0.717, 1.165) is 56.8 Å². The van der Waals surface area contributed by atoms with Crippen LogP contribution in [0.2, 0.25) is 0 Å². The third kappa shape index (κ3) is 3.48. The number of hydrogen-bond acceptors (Lipinski definition) is 7. The third-order valence-electron chi connectivity index (χ3n) is 8.25. The fraction of sp³-hybridized carbons (Fsp3) is 0.429. The van der Waals surface area contributed by atoms with Crippen LogP contribution in [0.4, 0.5) is 11.4 Å². The first-order valence-electron chi connectivity index (χ1n) is 12.7. The number of ether oxygens (including phenoxy) is 1. The molecule has 3 aromatic rings. The van der Waals surface area contributed by atoms with E-state index in [4.69, 9.17) is 4.74 Å². The van der Waals surface area contributed by atoms with Gasteiger partial charge < -0.3 is 19.9 Å². The summed E-state index contributed by atoms with van der Waals surface area (Å²) < 4.78 is 5.74. The van der Waals surface area contributed by atoms with Crippen molar-refractivity contribution in [1.82, 2.24) is 15.2 Å². The highest BCUT2D eigenvalue weighted by Gasteiger charge is 2.40. The quantitative estimate of drug-likeness (QED) is 0.623. The Kier molecular flexibility index (Phi) is 4.95. The molecule has 5 heterocycles. The second kappa shape index (κ2) is 8.20. The van der Waals surface area contributed by atoms with Crippen LogP contribution in [0, 0.1) is 11.3 Å². The molecule has 4 atom stereocenters. The van der Waals surface area contributed by atoms with Crippen LogP contribution in [0.25, 0.3) is 10.9 Å². The lowest BCUT2D eigenvalue weighted by atomic mass is 9.99. The minimum atomic E-state index is 0.376. The van der Waals surface area contributed by atoms with Crippen LogP contribution in [0.1, 0.15) is 29.7 Å². The maximum absolute atomic E-state index is 9.55. The molecular formula is C28H30N6O. The van der Waals surface area contributed by atoms with Crippen LogP contribution in [-0.2, 0) is 11.3 Å². The van der Waals surface area contributed by atoms with Crippen molar-refractivity contribution in [2.75, 3.05) is 49.2 Å². The molecule has 4 aliphatic rings. The van der Waals surface area contributed by atoms with Gasteiger partial charge in [-0.1, -0.05) is 6.07 Å². The minimum absolute atomic E-state index is 0.376. The van der Waals surface area contributed by atoms with Gasteiger partial charge in [-0.25, -0.2) is 0 Å². The SMILES string of the molecule is C[C@@H]1CN(c2ccc(C#N)c3ncccc23)C[C@@H]2c3ccc(N4CC5COCC(C4)N5)cc3CN12. The fourth-order valence-corrected chi connectivity index (χ4v) is 6.64. The number of nitrogens with zero attached hydrogens (tertiary/aromatic N) is 5. The summed E-state index contributed by atoms with van der Waals surface area (Å²) in [6.07, 6.45) is 1.77. The summed E-state index contributed by atoms with van der Waals surface area (Å²) in [5.74, 6) is 0. The van der Waals surface area contributed by atoms with Gasteiger partial charge in [-0.2, -0.15) is 5.26 Å². The molecule has 0 spiro atoms. The van der Waals surface area contributed by atoms with Crippen LogP contribution in [-0.4, -0.2) is 67.4 Å². The van der Waals surface area contributed by atoms with E-state index in [0.29, 0.717) is 29.7 Å². The molecule has 7 nitrogen and oxygen atoms in total. The zero-order valence-corrected chi connectivity index (χ0v) is 20.0. The van der Waals surface area contributed by atoms with Crippen LogP contribution in [0.3, 0.4) is 0 Å². The first-order chi connectivity index (χ1) is 17.2. The minimum Gasteiger partial charge on any atom is -0.378 e. The van der Waals surface area contributed by atoms with E-state index in [-0.39, 0.29) is 0 Å². The van der Waals surface area contributed by atoms with Gasteiger partial charge in [0, 0.05) is 73.8 Å². The molecule has 1 aromatic heterocycles. The number of pyridine rings is 1. The highest BCUT2D eigenvalue weighted by molar-refractivity contribution is 5.95. The maximum Gasteiger partial charge on any atom is 0.101 e. The summed E-state index contributed by atoms with van der Waals surface area (Å²) >= 11 is 0. The first-order valence-corrected chi connectivity index (χ1v) is 12.7. The number of aromatic nitrogens is 1. The number of benzene rings is 2. The smallest absolute Gasteiger partial charge is 0.101 e. The molecule has 178 valence electrons. The Morgan fingerprint density at radius 3 is 2.71 bits per heavy atom. The molecule has 7 heteroatoms. The Morgan fingerprint density at radius 1 is 1.03 bits per heavy atom. The summed E-state index contributed by atoms with van der Waals surface area (Å²) in [6.45, 7) is 8.89. The molecule has 2 bridgehead atoms. The van der Waals surface area contributed by atoms with Gasteiger partial charge in [0.2, 0.25) is 0 Å². The second-order valence-corrected chi connectivity index (χ2v) is 10.5. The molecule has 4 aliphatic heterocycles. The number of fused-ring (bicyclic) bond motifs is 6. The van der Waals surface area contributed by atoms with Gasteiger partial charge in [-0.3, -0.25) is 9.88 Å². The van der Waals surface area contributed by atoms with Crippen molar-refractivity contribution in [2.24, 2.45) is 0 Å². The predicted molar refractivity (Wildman–Crippen MR) is 137 cm³/mol. The maximum atomic E-state index is 9.55. The van der Waals surface area contributed by atoms with Gasteiger partial charge in [0.25, 0.3) is 0 Å². The molecular weight excluding hydrogens is 436 g/mol. The Bertz CT molecular complexity index is 1320. The lowest BCUT2D eigenvalue weighted by molar-refractivity contribution is 0.0376. The summed E-state index contributed by atoms with van der Waals surface area (Å²) in [5, 5.41) is 14.3. The van der Waals surface area contributed by atoms with Gasteiger partial charge in [0.1, 0.15) is 6.07 Å².